The van der Waals surface area contributed by atoms with E-state index in [4.69, 9.17) is 31.1 Å². The summed E-state index contributed by atoms with van der Waals surface area (Å²) in [6.45, 7) is 22.2. The molecule has 2 aromatic heterocycles. The number of hydrogen-bond donors (Lipinski definition) is 9. The van der Waals surface area contributed by atoms with E-state index < -0.39 is 5.91 Å². The molecule has 1 amide bonds. The number of anilines is 2. The number of likely N-dealkylation sites (tertiary alicyclic amines) is 1. The molecule has 0 unspecified atom stereocenters. The van der Waals surface area contributed by atoms with Crippen LogP contribution in [-0.4, -0.2) is 160 Å². The van der Waals surface area contributed by atoms with Crippen molar-refractivity contribution in [3.63, 3.8) is 0 Å². The van der Waals surface area contributed by atoms with Crippen molar-refractivity contribution in [1.82, 2.24) is 39.9 Å². The van der Waals surface area contributed by atoms with Crippen LogP contribution >= 0.6 is 0 Å². The monoisotopic (exact) mass is 1010 g/mol. The lowest BCUT2D eigenvalue weighted by molar-refractivity contribution is -0.0980. The number of nitrogens with zero attached hydrogens (tertiary/aromatic N) is 8. The van der Waals surface area contributed by atoms with Crippen molar-refractivity contribution in [3.05, 3.63) is 89.3 Å². The number of imidazole rings is 1. The van der Waals surface area contributed by atoms with Crippen LogP contribution in [0.5, 0.6) is 5.75 Å². The molecule has 73 heavy (non-hydrogen) atoms. The maximum Gasteiger partial charge on any atom is 0.248 e. The van der Waals surface area contributed by atoms with Crippen molar-refractivity contribution in [1.29, 1.82) is 10.8 Å². The summed E-state index contributed by atoms with van der Waals surface area (Å²) in [4.78, 5) is 46.1. The van der Waals surface area contributed by atoms with Gasteiger partial charge in [0.05, 0.1) is 46.4 Å². The number of nitrogens with one attached hydrogen (secondary N) is 6. The van der Waals surface area contributed by atoms with Gasteiger partial charge in [0, 0.05) is 90.2 Å². The number of ether oxygens (including phenoxy) is 1. The Hall–Kier alpha value is -7.33. The number of carbonyl (C=O) groups is 3. The summed E-state index contributed by atoms with van der Waals surface area (Å²) in [6, 6.07) is 9.08. The Morgan fingerprint density at radius 3 is 2.27 bits per heavy atom. The van der Waals surface area contributed by atoms with Crippen LogP contribution in [-0.2, 0) is 24.8 Å². The molecule has 21 nitrogen and oxygen atoms in total. The van der Waals surface area contributed by atoms with E-state index in [0.29, 0.717) is 66.1 Å². The third kappa shape index (κ3) is 20.4. The molecule has 2 aliphatic rings. The van der Waals surface area contributed by atoms with E-state index >= 15 is 0 Å². The number of aldehydes is 1. The quantitative estimate of drug-likeness (QED) is 0.0140. The molecule has 6 rings (SSSR count). The number of nitrogens with two attached hydrogens (primary N) is 3. The molecule has 12 N–H and O–H groups in total. The van der Waals surface area contributed by atoms with Crippen LogP contribution in [0.15, 0.2) is 71.3 Å². The molecule has 0 aliphatic carbocycles. The molecular weight excluding hydrogens is 927 g/mol. The van der Waals surface area contributed by atoms with Crippen LogP contribution in [0.4, 0.5) is 17.3 Å². The fourth-order valence-corrected chi connectivity index (χ4v) is 8.04. The minimum atomic E-state index is -0.508. The third-order valence-electron chi connectivity index (χ3n) is 11.4. The number of benzene rings is 2. The first-order valence-corrected chi connectivity index (χ1v) is 24.3. The lowest BCUT2D eigenvalue weighted by Gasteiger charge is -2.37. The molecule has 400 valence electrons. The number of amides is 1. The zero-order valence-corrected chi connectivity index (χ0v) is 44.5. The minimum absolute atomic E-state index is 0.341. The number of aryl methyl sites for hydroxylation is 3. The lowest BCUT2D eigenvalue weighted by atomic mass is 9.94. The molecular formula is C52H83N17O4. The molecule has 0 spiro atoms. The van der Waals surface area contributed by atoms with Crippen molar-refractivity contribution < 1.29 is 19.1 Å². The van der Waals surface area contributed by atoms with Gasteiger partial charge in [0.2, 0.25) is 11.9 Å². The maximum atomic E-state index is 12.1. The van der Waals surface area contributed by atoms with Crippen molar-refractivity contribution >= 4 is 77.9 Å². The van der Waals surface area contributed by atoms with Crippen molar-refractivity contribution in [2.75, 3.05) is 97.8 Å². The van der Waals surface area contributed by atoms with Crippen LogP contribution < -0.4 is 43.3 Å². The minimum Gasteiger partial charge on any atom is -0.491 e. The number of aliphatic imine (C=N–C) groups is 1. The summed E-state index contributed by atoms with van der Waals surface area (Å²) in [6.07, 6.45) is 15.5. The van der Waals surface area contributed by atoms with E-state index in [2.05, 4.69) is 81.8 Å². The van der Waals surface area contributed by atoms with E-state index in [1.807, 2.05) is 70.6 Å². The summed E-state index contributed by atoms with van der Waals surface area (Å²) in [5.41, 5.74) is 25.1. The smallest absolute Gasteiger partial charge is 0.248 e. The van der Waals surface area contributed by atoms with Crippen molar-refractivity contribution in [2.24, 2.45) is 40.3 Å². The molecule has 2 fully saturated rings. The highest BCUT2D eigenvalue weighted by atomic mass is 16.5. The van der Waals surface area contributed by atoms with E-state index in [9.17, 15) is 9.59 Å². The molecule has 0 saturated carbocycles. The van der Waals surface area contributed by atoms with E-state index in [1.54, 1.807) is 43.6 Å². The highest BCUT2D eigenvalue weighted by molar-refractivity contribution is 5.98. The van der Waals surface area contributed by atoms with E-state index in [1.165, 1.54) is 14.1 Å². The first-order valence-electron chi connectivity index (χ1n) is 24.3. The van der Waals surface area contributed by atoms with Gasteiger partial charge in [0.1, 0.15) is 24.3 Å². The summed E-state index contributed by atoms with van der Waals surface area (Å²) in [5, 5.41) is 32.5. The van der Waals surface area contributed by atoms with Crippen LogP contribution in [0, 0.1) is 23.7 Å². The van der Waals surface area contributed by atoms with Gasteiger partial charge in [-0.05, 0) is 128 Å². The summed E-state index contributed by atoms with van der Waals surface area (Å²) in [7, 11) is 8.47. The summed E-state index contributed by atoms with van der Waals surface area (Å²) in [5.74, 6) is 1.93. The van der Waals surface area contributed by atoms with Gasteiger partial charge < -0.3 is 67.9 Å². The lowest BCUT2D eigenvalue weighted by Crippen LogP contribution is -2.50. The predicted molar refractivity (Wildman–Crippen MR) is 303 cm³/mol. The Morgan fingerprint density at radius 2 is 1.71 bits per heavy atom. The van der Waals surface area contributed by atoms with E-state index in [0.717, 1.165) is 111 Å². The molecule has 0 bridgehead atoms. The highest BCUT2D eigenvalue weighted by Gasteiger charge is 2.26. The predicted octanol–water partition coefficient (Wildman–Crippen LogP) is 5.04. The molecule has 2 aromatic carbocycles. The molecule has 4 aromatic rings. The normalized spacial score (nSPS) is 13.7. The Bertz CT molecular complexity index is 2410. The zero-order chi connectivity index (χ0) is 54.7. The average Bonchev–Trinajstić information content (AvgIpc) is 3.97. The second-order valence-corrected chi connectivity index (χ2v) is 16.0. The number of allylic oxidation sites excluding steroid dienone is 3. The SMILES string of the molecule is C=Cc1cc(C)nn1C.C=N.C=O.CCc1cc(C(N)=O)cc(N=C/C=C/C(C)=N\NC)c1NC/C=C/Cn1c(NC)nc2cc(C=O)cc(OCCCN3CCC(C(=N)N4CCNCC4)CC3)c21.CN.CN. The third-order valence-corrected chi connectivity index (χ3v) is 11.4. The van der Waals surface area contributed by atoms with Gasteiger partial charge in [0.15, 0.2) is 0 Å². The number of rotatable bonds is 20. The van der Waals surface area contributed by atoms with Gasteiger partial charge in [-0.1, -0.05) is 25.7 Å². The number of fused-ring (bicyclic) bond motifs is 1. The molecule has 0 radical (unpaired) electrons. The Morgan fingerprint density at radius 1 is 1.03 bits per heavy atom. The van der Waals surface area contributed by atoms with Gasteiger partial charge in [-0.25, -0.2) is 4.98 Å². The summed E-state index contributed by atoms with van der Waals surface area (Å²) >= 11 is 0. The number of hydrogen-bond acceptors (Lipinski definition) is 17. The first kappa shape index (κ1) is 63.7. The first-order chi connectivity index (χ1) is 35.5. The number of carbonyl (C=O) groups excluding carboxylic acids is 3. The van der Waals surface area contributed by atoms with Crippen LogP contribution in [0.1, 0.15) is 70.8 Å². The fourth-order valence-electron chi connectivity index (χ4n) is 8.04. The average molecular weight is 1010 g/mol. The van der Waals surface area contributed by atoms with Gasteiger partial charge in [-0.15, -0.1) is 0 Å². The second kappa shape index (κ2) is 36.6. The molecule has 0 atom stereocenters. The topological polar surface area (TPSA) is 301 Å². The zero-order valence-electron chi connectivity index (χ0n) is 44.5. The van der Waals surface area contributed by atoms with E-state index in [-0.39, 0.29) is 0 Å². The molecule has 2 saturated heterocycles. The van der Waals surface area contributed by atoms with Gasteiger partial charge >= 0.3 is 0 Å². The number of primary amides is 1. The Balaban J connectivity index is 0.00000136. The number of amidine groups is 1. The van der Waals surface area contributed by atoms with Gasteiger partial charge in [0.25, 0.3) is 0 Å². The fraction of sp³-hybridized carbons (Fsp3) is 0.442. The molecule has 2 aliphatic heterocycles. The number of piperazine rings is 1. The number of piperidine rings is 1. The van der Waals surface area contributed by atoms with Crippen molar-refractivity contribution in [3.8, 4) is 5.75 Å². The van der Waals surface area contributed by atoms with Gasteiger partial charge in [-0.3, -0.25) is 24.7 Å². The Labute approximate surface area is 432 Å². The highest BCUT2D eigenvalue weighted by Crippen LogP contribution is 2.33. The van der Waals surface area contributed by atoms with Crippen LogP contribution in [0.3, 0.4) is 0 Å². The Kier molecular flexibility index (Phi) is 31.9. The second-order valence-electron chi connectivity index (χ2n) is 16.0. The molecule has 4 heterocycles. The number of aromatic nitrogens is 4. The maximum absolute atomic E-state index is 12.1. The largest absolute Gasteiger partial charge is 0.491 e. The van der Waals surface area contributed by atoms with Gasteiger partial charge in [-0.2, -0.15) is 10.2 Å². The van der Waals surface area contributed by atoms with Crippen LogP contribution in [0.25, 0.3) is 17.1 Å². The van der Waals surface area contributed by atoms with Crippen LogP contribution in [0.2, 0.25) is 0 Å². The number of hydrazone groups is 1. The molecule has 21 heteroatoms. The van der Waals surface area contributed by atoms with Crippen molar-refractivity contribution in [2.45, 2.75) is 53.0 Å². The summed E-state index contributed by atoms with van der Waals surface area (Å²) < 4.78 is 10.2. The standard InChI is InChI=1S/C41H58N12O3.C7H10N2.2CH5N.CH3N.CH2O/c1-5-31-26-33(40(43)55)27-34(47-14-8-10-29(2)50-45-4)37(31)48-13-6-7-18-53-38-35(49-41(53)44-3)24-30(28-54)25-36(38)56-23-9-17-51-19-11-32(12-20-51)39(42)52-21-15-46-16-22-52;1-4-7-5-6(2)8-9(7)3;4*1-2/h6-8,10,14,24-28,32,42,45-46,48H,5,9,11-13,15-23H2,1-4H3,(H2,43,55)(H,44,49);4-5H,1H2,2-3H3;2*2H2,1H3;2H,1H2;1H2/b7-6+,10-8+,42-39?,47-14?,50-29-;;;;;.